The molecule has 4 atom stereocenters. The van der Waals surface area contributed by atoms with Crippen LogP contribution in [0.15, 0.2) is 12.2 Å². The van der Waals surface area contributed by atoms with E-state index in [1.165, 1.54) is 32.1 Å². The van der Waals surface area contributed by atoms with Gasteiger partial charge < -0.3 is 14.6 Å². The van der Waals surface area contributed by atoms with Gasteiger partial charge in [-0.2, -0.15) is 0 Å². The van der Waals surface area contributed by atoms with Crippen molar-refractivity contribution in [2.75, 3.05) is 13.2 Å². The molecule has 0 amide bonds. The Labute approximate surface area is 140 Å². The summed E-state index contributed by atoms with van der Waals surface area (Å²) in [5, 5.41) is 8.66. The number of ether oxygens (including phenoxy) is 2. The Morgan fingerprint density at radius 2 is 1.96 bits per heavy atom. The van der Waals surface area contributed by atoms with Gasteiger partial charge in [-0.15, -0.1) is 0 Å². The summed E-state index contributed by atoms with van der Waals surface area (Å²) < 4.78 is 12.0. The zero-order valence-corrected chi connectivity index (χ0v) is 14.4. The second kappa shape index (κ2) is 10.1. The van der Waals surface area contributed by atoms with E-state index in [0.29, 0.717) is 30.5 Å². The number of carbonyl (C=O) groups is 1. The lowest BCUT2D eigenvalue weighted by atomic mass is 9.78. The van der Waals surface area contributed by atoms with Crippen molar-refractivity contribution in [2.24, 2.45) is 11.8 Å². The predicted octanol–water partition coefficient (Wildman–Crippen LogP) is 4.19. The molecule has 2 heterocycles. The summed E-state index contributed by atoms with van der Waals surface area (Å²) in [4.78, 5) is 10.5. The third-order valence-electron chi connectivity index (χ3n) is 5.14. The number of unbranched alkanes of at least 4 members (excludes halogenated alkanes) is 3. The Bertz CT molecular complexity index is 380. The van der Waals surface area contributed by atoms with Crippen molar-refractivity contribution < 1.29 is 19.4 Å². The highest BCUT2D eigenvalue weighted by atomic mass is 16.5. The van der Waals surface area contributed by atoms with Gasteiger partial charge in [0.2, 0.25) is 0 Å². The van der Waals surface area contributed by atoms with Crippen molar-refractivity contribution in [3.05, 3.63) is 12.2 Å². The maximum absolute atomic E-state index is 10.5. The van der Waals surface area contributed by atoms with Gasteiger partial charge in [0.25, 0.3) is 0 Å². The van der Waals surface area contributed by atoms with Gasteiger partial charge in [-0.1, -0.05) is 38.3 Å². The third kappa shape index (κ3) is 5.92. The van der Waals surface area contributed by atoms with Crippen molar-refractivity contribution in [2.45, 2.75) is 76.9 Å². The Morgan fingerprint density at radius 3 is 2.70 bits per heavy atom. The fourth-order valence-corrected chi connectivity index (χ4v) is 3.86. The number of fused-ring (bicyclic) bond motifs is 2. The fourth-order valence-electron chi connectivity index (χ4n) is 3.86. The lowest BCUT2D eigenvalue weighted by molar-refractivity contribution is -0.136. The topological polar surface area (TPSA) is 55.8 Å². The van der Waals surface area contributed by atoms with Gasteiger partial charge in [0.1, 0.15) is 0 Å². The molecule has 0 aromatic heterocycles. The van der Waals surface area contributed by atoms with Crippen LogP contribution in [-0.2, 0) is 14.3 Å². The van der Waals surface area contributed by atoms with E-state index in [2.05, 4.69) is 13.0 Å². The van der Waals surface area contributed by atoms with Crippen LogP contribution in [0.25, 0.3) is 0 Å². The lowest BCUT2D eigenvalue weighted by Gasteiger charge is -2.27. The monoisotopic (exact) mass is 324 g/mol. The molecule has 0 aliphatic carbocycles. The summed E-state index contributed by atoms with van der Waals surface area (Å²) in [6.07, 6.45) is 14.1. The largest absolute Gasteiger partial charge is 0.481 e. The van der Waals surface area contributed by atoms with E-state index < -0.39 is 5.97 Å². The van der Waals surface area contributed by atoms with Crippen LogP contribution in [0.1, 0.15) is 64.7 Å². The molecular weight excluding hydrogens is 292 g/mol. The minimum atomic E-state index is -0.729. The summed E-state index contributed by atoms with van der Waals surface area (Å²) in [6.45, 7) is 3.91. The molecule has 4 nitrogen and oxygen atoms in total. The van der Waals surface area contributed by atoms with Gasteiger partial charge in [0, 0.05) is 18.9 Å². The van der Waals surface area contributed by atoms with Gasteiger partial charge in [-0.25, -0.2) is 0 Å². The molecule has 0 spiro atoms. The average Bonchev–Trinajstić information content (AvgIpc) is 3.12. The van der Waals surface area contributed by atoms with Gasteiger partial charge in [0.05, 0.1) is 18.8 Å². The van der Waals surface area contributed by atoms with E-state index in [1.807, 2.05) is 6.08 Å². The van der Waals surface area contributed by atoms with Crippen LogP contribution in [0.2, 0.25) is 0 Å². The van der Waals surface area contributed by atoms with Gasteiger partial charge in [0.15, 0.2) is 0 Å². The highest BCUT2D eigenvalue weighted by Crippen LogP contribution is 2.45. The first-order valence-electron chi connectivity index (χ1n) is 9.32. The number of hydrogen-bond donors (Lipinski definition) is 1. The highest BCUT2D eigenvalue weighted by Gasteiger charge is 2.48. The molecule has 2 fully saturated rings. The molecule has 2 aliphatic rings. The van der Waals surface area contributed by atoms with Crippen molar-refractivity contribution in [1.29, 1.82) is 0 Å². The minimum absolute atomic E-state index is 0.216. The molecule has 0 aromatic rings. The molecule has 2 bridgehead atoms. The Morgan fingerprint density at radius 1 is 1.17 bits per heavy atom. The first-order chi connectivity index (χ1) is 11.2. The summed E-state index contributed by atoms with van der Waals surface area (Å²) in [6, 6.07) is 0. The second-order valence-corrected chi connectivity index (χ2v) is 6.89. The Balaban J connectivity index is 1.68. The van der Waals surface area contributed by atoms with E-state index in [4.69, 9.17) is 14.6 Å². The van der Waals surface area contributed by atoms with Gasteiger partial charge >= 0.3 is 5.97 Å². The number of rotatable bonds is 12. The second-order valence-electron chi connectivity index (χ2n) is 6.89. The van der Waals surface area contributed by atoms with Gasteiger partial charge in [-0.05, 0) is 38.0 Å². The van der Waals surface area contributed by atoms with E-state index in [0.717, 1.165) is 26.1 Å². The fraction of sp³-hybridized carbons (Fsp3) is 0.842. The van der Waals surface area contributed by atoms with E-state index in [1.54, 1.807) is 0 Å². The molecule has 0 radical (unpaired) electrons. The zero-order valence-electron chi connectivity index (χ0n) is 14.4. The molecule has 2 aliphatic heterocycles. The van der Waals surface area contributed by atoms with Gasteiger partial charge in [-0.3, -0.25) is 4.79 Å². The number of aliphatic carboxylic acids is 1. The molecule has 0 aromatic carbocycles. The quantitative estimate of drug-likeness (QED) is 0.432. The highest BCUT2D eigenvalue weighted by molar-refractivity contribution is 5.66. The number of hydrogen-bond acceptors (Lipinski definition) is 3. The SMILES string of the molecule is CCCCCCOC[C@@H]1[C@H](C/C=C\CCC(=O)O)[C@@H]2CC[C@H]1O2. The molecule has 2 saturated heterocycles. The first-order valence-corrected chi connectivity index (χ1v) is 9.32. The van der Waals surface area contributed by atoms with E-state index in [9.17, 15) is 4.79 Å². The standard InChI is InChI=1S/C19H32O4/c1-2-3-4-8-13-22-14-16-15(17-11-12-18(16)23-17)9-6-5-7-10-19(20)21/h5-6,15-18H,2-4,7-14H2,1H3,(H,20,21)/b6-5-/t15-,16+,17-,18+/m0/s1. The van der Waals surface area contributed by atoms with Crippen LogP contribution in [0.4, 0.5) is 0 Å². The van der Waals surface area contributed by atoms with Crippen LogP contribution in [-0.4, -0.2) is 36.5 Å². The summed E-state index contributed by atoms with van der Waals surface area (Å²) in [5.41, 5.74) is 0. The van der Waals surface area contributed by atoms with Crippen molar-refractivity contribution in [1.82, 2.24) is 0 Å². The van der Waals surface area contributed by atoms with Crippen LogP contribution < -0.4 is 0 Å². The molecule has 0 unspecified atom stereocenters. The Hall–Kier alpha value is -0.870. The van der Waals surface area contributed by atoms with Crippen molar-refractivity contribution in [3.63, 3.8) is 0 Å². The van der Waals surface area contributed by atoms with E-state index in [-0.39, 0.29) is 6.42 Å². The molecule has 132 valence electrons. The minimum Gasteiger partial charge on any atom is -0.481 e. The molecule has 0 saturated carbocycles. The van der Waals surface area contributed by atoms with Crippen LogP contribution in [0.5, 0.6) is 0 Å². The maximum atomic E-state index is 10.5. The predicted molar refractivity (Wildman–Crippen MR) is 90.5 cm³/mol. The first kappa shape index (κ1) is 18.5. The van der Waals surface area contributed by atoms with Crippen molar-refractivity contribution >= 4 is 5.97 Å². The smallest absolute Gasteiger partial charge is 0.303 e. The third-order valence-corrected chi connectivity index (χ3v) is 5.14. The lowest BCUT2D eigenvalue weighted by Crippen LogP contribution is -2.30. The average molecular weight is 324 g/mol. The number of carboxylic acids is 1. The normalized spacial score (nSPS) is 29.6. The van der Waals surface area contributed by atoms with Crippen LogP contribution in [0, 0.1) is 11.8 Å². The van der Waals surface area contributed by atoms with Crippen molar-refractivity contribution in [3.8, 4) is 0 Å². The number of carboxylic acid groups (broad SMARTS) is 1. The molecular formula is C19H32O4. The molecule has 2 rings (SSSR count). The summed E-state index contributed by atoms with van der Waals surface area (Å²) >= 11 is 0. The molecule has 23 heavy (non-hydrogen) atoms. The molecule has 1 N–H and O–H groups in total. The molecule has 4 heteroatoms. The summed E-state index contributed by atoms with van der Waals surface area (Å²) in [5.74, 6) is 0.335. The van der Waals surface area contributed by atoms with Crippen LogP contribution in [0.3, 0.4) is 0 Å². The number of allylic oxidation sites excluding steroid dienone is 2. The summed E-state index contributed by atoms with van der Waals surface area (Å²) in [7, 11) is 0. The van der Waals surface area contributed by atoms with E-state index >= 15 is 0 Å². The zero-order chi connectivity index (χ0) is 16.5. The maximum Gasteiger partial charge on any atom is 0.303 e. The van der Waals surface area contributed by atoms with Crippen LogP contribution >= 0.6 is 0 Å². The Kier molecular flexibility index (Phi) is 8.10.